The summed E-state index contributed by atoms with van der Waals surface area (Å²) >= 11 is 0. The lowest BCUT2D eigenvalue weighted by molar-refractivity contribution is 0.130. The number of hydrogen-bond acceptors (Lipinski definition) is 3. The molecule has 3 nitrogen and oxygen atoms in total. The molecule has 100 valence electrons. The van der Waals surface area contributed by atoms with E-state index in [0.29, 0.717) is 17.8 Å². The Labute approximate surface area is 108 Å². The Morgan fingerprint density at radius 3 is 2.89 bits per heavy atom. The van der Waals surface area contributed by atoms with Gasteiger partial charge in [-0.15, -0.1) is 0 Å². The molecule has 4 heteroatoms. The average Bonchev–Trinajstić information content (AvgIpc) is 2.35. The van der Waals surface area contributed by atoms with Crippen LogP contribution in [0.4, 0.5) is 4.39 Å². The van der Waals surface area contributed by atoms with Crippen LogP contribution in [0.25, 0.3) is 0 Å². The highest BCUT2D eigenvalue weighted by Gasteiger charge is 2.24. The van der Waals surface area contributed by atoms with E-state index >= 15 is 0 Å². The van der Waals surface area contributed by atoms with Gasteiger partial charge < -0.3 is 10.1 Å². The molecule has 0 amide bonds. The van der Waals surface area contributed by atoms with E-state index in [1.54, 1.807) is 12.1 Å². The van der Waals surface area contributed by atoms with Gasteiger partial charge in [-0.1, -0.05) is 6.07 Å². The Bertz CT molecular complexity index is 411. The first kappa shape index (κ1) is 13.3. The fraction of sp³-hybridized carbons (Fsp3) is 0.571. The Balaban J connectivity index is 2.06. The molecule has 0 aromatic heterocycles. The van der Waals surface area contributed by atoms with Gasteiger partial charge in [-0.25, -0.2) is 4.39 Å². The van der Waals surface area contributed by atoms with Crippen LogP contribution in [-0.2, 0) is 6.54 Å². The molecule has 1 heterocycles. The summed E-state index contributed by atoms with van der Waals surface area (Å²) in [6.45, 7) is 7.17. The van der Waals surface area contributed by atoms with Crippen LogP contribution >= 0.6 is 0 Å². The van der Waals surface area contributed by atoms with E-state index < -0.39 is 0 Å². The number of methoxy groups -OCH3 is 1. The zero-order valence-corrected chi connectivity index (χ0v) is 11.2. The molecule has 1 aliphatic heterocycles. The Kier molecular flexibility index (Phi) is 4.19. The summed E-state index contributed by atoms with van der Waals surface area (Å²) in [5.74, 6) is 0.0197. The molecule has 1 N–H and O–H groups in total. The minimum atomic E-state index is -0.286. The molecule has 2 unspecified atom stereocenters. The van der Waals surface area contributed by atoms with E-state index in [2.05, 4.69) is 24.1 Å². The predicted molar refractivity (Wildman–Crippen MR) is 70.3 cm³/mol. The van der Waals surface area contributed by atoms with Gasteiger partial charge in [0.2, 0.25) is 0 Å². The van der Waals surface area contributed by atoms with Gasteiger partial charge in [-0.2, -0.15) is 0 Å². The molecule has 18 heavy (non-hydrogen) atoms. The number of nitrogens with one attached hydrogen (secondary N) is 1. The van der Waals surface area contributed by atoms with E-state index in [1.165, 1.54) is 7.11 Å². The SMILES string of the molecule is COc1ccc(CN2CCNC(C)C2C)cc1F. The van der Waals surface area contributed by atoms with Gasteiger partial charge in [0.05, 0.1) is 7.11 Å². The van der Waals surface area contributed by atoms with Crippen molar-refractivity contribution >= 4 is 0 Å². The van der Waals surface area contributed by atoms with Gasteiger partial charge in [0.25, 0.3) is 0 Å². The van der Waals surface area contributed by atoms with Crippen LogP contribution in [0.1, 0.15) is 19.4 Å². The van der Waals surface area contributed by atoms with Crippen LogP contribution in [-0.4, -0.2) is 37.2 Å². The summed E-state index contributed by atoms with van der Waals surface area (Å²) in [6.07, 6.45) is 0. The van der Waals surface area contributed by atoms with Crippen LogP contribution in [0.15, 0.2) is 18.2 Å². The molecule has 0 radical (unpaired) electrons. The topological polar surface area (TPSA) is 24.5 Å². The van der Waals surface area contributed by atoms with E-state index in [0.717, 1.165) is 25.2 Å². The van der Waals surface area contributed by atoms with Crippen molar-refractivity contribution in [3.63, 3.8) is 0 Å². The van der Waals surface area contributed by atoms with Crippen LogP contribution in [0.2, 0.25) is 0 Å². The lowest BCUT2D eigenvalue weighted by Gasteiger charge is -2.38. The van der Waals surface area contributed by atoms with Gasteiger partial charge >= 0.3 is 0 Å². The molecule has 1 saturated heterocycles. The number of hydrogen-bond donors (Lipinski definition) is 1. The molecule has 1 aliphatic rings. The largest absolute Gasteiger partial charge is 0.494 e. The summed E-state index contributed by atoms with van der Waals surface area (Å²) < 4.78 is 18.6. The van der Waals surface area contributed by atoms with E-state index in [1.807, 2.05) is 6.07 Å². The van der Waals surface area contributed by atoms with Crippen molar-refractivity contribution in [1.82, 2.24) is 10.2 Å². The first-order valence-electron chi connectivity index (χ1n) is 6.41. The minimum absolute atomic E-state index is 0.286. The zero-order valence-electron chi connectivity index (χ0n) is 11.2. The van der Waals surface area contributed by atoms with Crippen molar-refractivity contribution in [3.8, 4) is 5.75 Å². The maximum absolute atomic E-state index is 13.6. The van der Waals surface area contributed by atoms with Gasteiger partial charge in [0.15, 0.2) is 11.6 Å². The molecule has 0 spiro atoms. The monoisotopic (exact) mass is 252 g/mol. The summed E-state index contributed by atoms with van der Waals surface area (Å²) in [4.78, 5) is 2.38. The number of piperazine rings is 1. The highest BCUT2D eigenvalue weighted by molar-refractivity contribution is 5.29. The van der Waals surface area contributed by atoms with Gasteiger partial charge in [-0.05, 0) is 31.5 Å². The van der Waals surface area contributed by atoms with Crippen LogP contribution < -0.4 is 10.1 Å². The highest BCUT2D eigenvalue weighted by atomic mass is 19.1. The van der Waals surface area contributed by atoms with Crippen LogP contribution in [0, 0.1) is 5.82 Å². The Morgan fingerprint density at radius 1 is 1.44 bits per heavy atom. The third-order valence-electron chi connectivity index (χ3n) is 3.77. The lowest BCUT2D eigenvalue weighted by Crippen LogP contribution is -2.54. The van der Waals surface area contributed by atoms with Gasteiger partial charge in [-0.3, -0.25) is 4.90 Å². The van der Waals surface area contributed by atoms with Crippen molar-refractivity contribution in [1.29, 1.82) is 0 Å². The second-order valence-corrected chi connectivity index (χ2v) is 4.92. The summed E-state index contributed by atoms with van der Waals surface area (Å²) in [5, 5.41) is 3.44. The molecular weight excluding hydrogens is 231 g/mol. The third-order valence-corrected chi connectivity index (χ3v) is 3.77. The van der Waals surface area contributed by atoms with Crippen molar-refractivity contribution in [2.75, 3.05) is 20.2 Å². The number of ether oxygens (including phenoxy) is 1. The maximum atomic E-state index is 13.6. The zero-order chi connectivity index (χ0) is 13.1. The summed E-state index contributed by atoms with van der Waals surface area (Å²) in [5.41, 5.74) is 0.995. The standard InChI is InChI=1S/C14H21FN2O/c1-10-11(2)17(7-6-16-10)9-12-4-5-14(18-3)13(15)8-12/h4-5,8,10-11,16H,6-7,9H2,1-3H3. The van der Waals surface area contributed by atoms with Gasteiger partial charge in [0, 0.05) is 31.7 Å². The van der Waals surface area contributed by atoms with Crippen LogP contribution in [0.5, 0.6) is 5.75 Å². The normalized spacial score (nSPS) is 25.1. The smallest absolute Gasteiger partial charge is 0.165 e. The second-order valence-electron chi connectivity index (χ2n) is 4.92. The number of benzene rings is 1. The number of nitrogens with zero attached hydrogens (tertiary/aromatic N) is 1. The second kappa shape index (κ2) is 5.67. The molecule has 1 fully saturated rings. The predicted octanol–water partition coefficient (Wildman–Crippen LogP) is 2.02. The quantitative estimate of drug-likeness (QED) is 0.890. The number of halogens is 1. The lowest BCUT2D eigenvalue weighted by atomic mass is 10.1. The maximum Gasteiger partial charge on any atom is 0.165 e. The third kappa shape index (κ3) is 2.82. The van der Waals surface area contributed by atoms with E-state index in [9.17, 15) is 4.39 Å². The van der Waals surface area contributed by atoms with Crippen molar-refractivity contribution in [3.05, 3.63) is 29.6 Å². The van der Waals surface area contributed by atoms with Crippen LogP contribution in [0.3, 0.4) is 0 Å². The fourth-order valence-corrected chi connectivity index (χ4v) is 2.39. The minimum Gasteiger partial charge on any atom is -0.494 e. The Hall–Kier alpha value is -1.13. The highest BCUT2D eigenvalue weighted by Crippen LogP contribution is 2.20. The van der Waals surface area contributed by atoms with E-state index in [4.69, 9.17) is 4.74 Å². The van der Waals surface area contributed by atoms with Gasteiger partial charge in [0.1, 0.15) is 0 Å². The summed E-state index contributed by atoms with van der Waals surface area (Å²) in [6, 6.07) is 6.13. The summed E-state index contributed by atoms with van der Waals surface area (Å²) in [7, 11) is 1.48. The first-order chi connectivity index (χ1) is 8.61. The van der Waals surface area contributed by atoms with E-state index in [-0.39, 0.29) is 5.82 Å². The molecule has 0 aliphatic carbocycles. The molecule has 0 bridgehead atoms. The molecular formula is C14H21FN2O. The first-order valence-corrected chi connectivity index (χ1v) is 6.41. The van der Waals surface area contributed by atoms with Crippen molar-refractivity contribution < 1.29 is 9.13 Å². The Morgan fingerprint density at radius 2 is 2.22 bits per heavy atom. The van der Waals surface area contributed by atoms with Crippen molar-refractivity contribution in [2.45, 2.75) is 32.5 Å². The molecule has 1 aromatic carbocycles. The molecule has 2 rings (SSSR count). The molecule has 0 saturated carbocycles. The molecule has 2 atom stereocenters. The molecule has 1 aromatic rings. The number of rotatable bonds is 3. The van der Waals surface area contributed by atoms with Crippen molar-refractivity contribution in [2.24, 2.45) is 0 Å². The average molecular weight is 252 g/mol. The fourth-order valence-electron chi connectivity index (χ4n) is 2.39.